The first-order valence-corrected chi connectivity index (χ1v) is 6.45. The molecule has 4 rings (SSSR count). The van der Waals surface area contributed by atoms with E-state index in [1.54, 1.807) is 0 Å². The lowest BCUT2D eigenvalue weighted by molar-refractivity contribution is -0.119. The van der Waals surface area contributed by atoms with Crippen molar-refractivity contribution in [3.63, 3.8) is 0 Å². The minimum Gasteiger partial charge on any atom is -0.491 e. The molecule has 0 fully saturated rings. The first-order valence-electron chi connectivity index (χ1n) is 6.45. The third-order valence-electron chi connectivity index (χ3n) is 4.12. The number of rotatable bonds is 0. The van der Waals surface area contributed by atoms with Crippen LogP contribution >= 0.6 is 0 Å². The molecule has 4 nitrogen and oxygen atoms in total. The van der Waals surface area contributed by atoms with Crippen LogP contribution in [0.5, 0.6) is 5.75 Å². The quantitative estimate of drug-likeness (QED) is 0.805. The zero-order valence-electron chi connectivity index (χ0n) is 10.8. The van der Waals surface area contributed by atoms with Crippen LogP contribution in [-0.4, -0.2) is 12.5 Å². The van der Waals surface area contributed by atoms with Crippen molar-refractivity contribution >= 4 is 11.6 Å². The number of hydrogen-bond acceptors (Lipinski definition) is 3. The summed E-state index contributed by atoms with van der Waals surface area (Å²) in [4.78, 5) is 12.5. The van der Waals surface area contributed by atoms with E-state index >= 15 is 0 Å². The largest absolute Gasteiger partial charge is 0.491 e. The molecule has 1 atom stereocenters. The van der Waals surface area contributed by atoms with E-state index in [2.05, 4.69) is 5.32 Å². The molecule has 2 aliphatic heterocycles. The third-order valence-corrected chi connectivity index (χ3v) is 4.12. The molecule has 0 saturated carbocycles. The third kappa shape index (κ3) is 1.34. The summed E-state index contributed by atoms with van der Waals surface area (Å²) in [6, 6.07) is 11.7. The molecule has 2 aromatic carbocycles. The Bertz CT molecular complexity index is 841. The second kappa shape index (κ2) is 3.83. The predicted octanol–water partition coefficient (Wildman–Crippen LogP) is 2.33. The van der Waals surface area contributed by atoms with Crippen molar-refractivity contribution in [2.24, 2.45) is 0 Å². The zero-order valence-corrected chi connectivity index (χ0v) is 10.8. The molecule has 0 saturated heterocycles. The lowest BCUT2D eigenvalue weighted by atomic mass is 9.77. The number of halogens is 1. The van der Waals surface area contributed by atoms with E-state index in [1.165, 1.54) is 12.1 Å². The minimum atomic E-state index is -0.995. The van der Waals surface area contributed by atoms with E-state index in [0.717, 1.165) is 11.3 Å². The Balaban J connectivity index is 2.03. The normalized spacial score (nSPS) is 21.4. The Morgan fingerprint density at radius 3 is 2.90 bits per heavy atom. The van der Waals surface area contributed by atoms with E-state index in [4.69, 9.17) is 10.00 Å². The van der Waals surface area contributed by atoms with Crippen LogP contribution in [0.1, 0.15) is 16.7 Å². The van der Waals surface area contributed by atoms with Crippen molar-refractivity contribution in [1.29, 1.82) is 5.26 Å². The molecular formula is C16H9FN2O2. The molecule has 21 heavy (non-hydrogen) atoms. The van der Waals surface area contributed by atoms with Crippen LogP contribution in [0.3, 0.4) is 0 Å². The average molecular weight is 280 g/mol. The van der Waals surface area contributed by atoms with Gasteiger partial charge in [0.05, 0.1) is 5.56 Å². The Morgan fingerprint density at radius 2 is 2.10 bits per heavy atom. The molecule has 0 aliphatic carbocycles. The van der Waals surface area contributed by atoms with Crippen molar-refractivity contribution < 1.29 is 13.9 Å². The number of anilines is 1. The van der Waals surface area contributed by atoms with Gasteiger partial charge < -0.3 is 10.1 Å². The SMILES string of the molecule is N#Cc1cc2c(cc1F)OCC21C(=O)Nc2ccccc21. The summed E-state index contributed by atoms with van der Waals surface area (Å²) in [5, 5.41) is 11.8. The Hall–Kier alpha value is -2.87. The van der Waals surface area contributed by atoms with Crippen molar-refractivity contribution in [1.82, 2.24) is 0 Å². The second-order valence-electron chi connectivity index (χ2n) is 5.13. The molecule has 102 valence electrons. The number of nitrogens with zero attached hydrogens (tertiary/aromatic N) is 1. The van der Waals surface area contributed by atoms with Crippen molar-refractivity contribution in [3.8, 4) is 11.8 Å². The van der Waals surface area contributed by atoms with Gasteiger partial charge in [-0.05, 0) is 17.7 Å². The number of nitriles is 1. The molecule has 1 unspecified atom stereocenters. The maximum absolute atomic E-state index is 13.7. The van der Waals surface area contributed by atoms with Crippen LogP contribution in [0.4, 0.5) is 10.1 Å². The molecule has 0 bridgehead atoms. The van der Waals surface area contributed by atoms with Gasteiger partial charge >= 0.3 is 0 Å². The first-order chi connectivity index (χ1) is 10.2. The van der Waals surface area contributed by atoms with E-state index in [0.29, 0.717) is 11.3 Å². The van der Waals surface area contributed by atoms with E-state index < -0.39 is 11.2 Å². The predicted molar refractivity (Wildman–Crippen MR) is 72.5 cm³/mol. The Labute approximate surface area is 119 Å². The van der Waals surface area contributed by atoms with Crippen LogP contribution in [0.2, 0.25) is 0 Å². The average Bonchev–Trinajstić information content (AvgIpc) is 2.99. The number of hydrogen-bond donors (Lipinski definition) is 1. The van der Waals surface area contributed by atoms with Crippen LogP contribution in [0.15, 0.2) is 36.4 Å². The van der Waals surface area contributed by atoms with Gasteiger partial charge in [-0.15, -0.1) is 0 Å². The monoisotopic (exact) mass is 280 g/mol. The molecule has 2 heterocycles. The van der Waals surface area contributed by atoms with E-state index in [9.17, 15) is 9.18 Å². The summed E-state index contributed by atoms with van der Waals surface area (Å²) < 4.78 is 19.2. The maximum atomic E-state index is 13.7. The molecule has 2 aromatic rings. The van der Waals surface area contributed by atoms with Crippen LogP contribution < -0.4 is 10.1 Å². The second-order valence-corrected chi connectivity index (χ2v) is 5.13. The molecule has 1 amide bonds. The lowest BCUT2D eigenvalue weighted by Gasteiger charge is -2.20. The molecular weight excluding hydrogens is 271 g/mol. The van der Waals surface area contributed by atoms with Gasteiger partial charge in [-0.3, -0.25) is 4.79 Å². The zero-order chi connectivity index (χ0) is 14.6. The fourth-order valence-electron chi connectivity index (χ4n) is 3.08. The van der Waals surface area contributed by atoms with Gasteiger partial charge in [0, 0.05) is 17.3 Å². The highest BCUT2D eigenvalue weighted by Crippen LogP contribution is 2.50. The van der Waals surface area contributed by atoms with Crippen molar-refractivity contribution in [2.75, 3.05) is 11.9 Å². The minimum absolute atomic E-state index is 0.0872. The molecule has 0 radical (unpaired) electrons. The Morgan fingerprint density at radius 1 is 1.29 bits per heavy atom. The van der Waals surface area contributed by atoms with Gasteiger partial charge in [0.2, 0.25) is 5.91 Å². The van der Waals surface area contributed by atoms with Crippen LogP contribution in [-0.2, 0) is 10.2 Å². The van der Waals surface area contributed by atoms with Gasteiger partial charge in [0.15, 0.2) is 0 Å². The smallest absolute Gasteiger partial charge is 0.243 e. The summed E-state index contributed by atoms with van der Waals surface area (Å²) in [5.41, 5.74) is 0.982. The van der Waals surface area contributed by atoms with Crippen LogP contribution in [0, 0.1) is 17.1 Å². The number of benzene rings is 2. The van der Waals surface area contributed by atoms with Gasteiger partial charge in [-0.25, -0.2) is 4.39 Å². The summed E-state index contributed by atoms with van der Waals surface area (Å²) >= 11 is 0. The topological polar surface area (TPSA) is 62.1 Å². The molecule has 1 spiro atoms. The lowest BCUT2D eigenvalue weighted by Crippen LogP contribution is -2.37. The number of para-hydroxylation sites is 1. The fourth-order valence-corrected chi connectivity index (χ4v) is 3.08. The summed E-state index contributed by atoms with van der Waals surface area (Å²) in [7, 11) is 0. The fraction of sp³-hybridized carbons (Fsp3) is 0.125. The van der Waals surface area contributed by atoms with Crippen LogP contribution in [0.25, 0.3) is 0 Å². The van der Waals surface area contributed by atoms with Crippen molar-refractivity contribution in [2.45, 2.75) is 5.41 Å². The number of nitrogens with one attached hydrogen (secondary N) is 1. The molecule has 5 heteroatoms. The van der Waals surface area contributed by atoms with Gasteiger partial charge in [0.25, 0.3) is 0 Å². The van der Waals surface area contributed by atoms with E-state index in [1.807, 2.05) is 30.3 Å². The highest BCUT2D eigenvalue weighted by molar-refractivity contribution is 6.09. The number of amides is 1. The number of fused-ring (bicyclic) bond motifs is 4. The van der Waals surface area contributed by atoms with Gasteiger partial charge in [-0.1, -0.05) is 18.2 Å². The summed E-state index contributed by atoms with van der Waals surface area (Å²) in [5.74, 6) is -0.531. The van der Waals surface area contributed by atoms with Crippen molar-refractivity contribution in [3.05, 3.63) is 58.9 Å². The number of ether oxygens (including phenoxy) is 1. The first kappa shape index (κ1) is 11.9. The number of carbonyl (C=O) groups excluding carboxylic acids is 1. The summed E-state index contributed by atoms with van der Waals surface area (Å²) in [6.45, 7) is 0.111. The maximum Gasteiger partial charge on any atom is 0.243 e. The van der Waals surface area contributed by atoms with Gasteiger partial charge in [-0.2, -0.15) is 5.26 Å². The standard InChI is InChI=1S/C16H9FN2O2/c17-12-6-14-11(5-9(12)7-18)16(8-21-14)10-3-1-2-4-13(10)19-15(16)20/h1-6H,8H2,(H,19,20). The molecule has 2 aliphatic rings. The molecule has 0 aromatic heterocycles. The van der Waals surface area contributed by atoms with Gasteiger partial charge in [0.1, 0.15) is 29.7 Å². The molecule has 1 N–H and O–H groups in total. The highest BCUT2D eigenvalue weighted by Gasteiger charge is 2.54. The van der Waals surface area contributed by atoms with E-state index in [-0.39, 0.29) is 18.1 Å². The number of carbonyl (C=O) groups is 1. The highest BCUT2D eigenvalue weighted by atomic mass is 19.1. The summed E-state index contributed by atoms with van der Waals surface area (Å²) in [6.07, 6.45) is 0. The Kier molecular flexibility index (Phi) is 2.17.